The van der Waals surface area contributed by atoms with Crippen LogP contribution in [0.5, 0.6) is 0 Å². The maximum Gasteiger partial charge on any atom is 0.281 e. The predicted octanol–water partition coefficient (Wildman–Crippen LogP) is 3.45. The number of rotatable bonds is 3. The molecule has 1 aliphatic rings. The van der Waals surface area contributed by atoms with Crippen LogP contribution in [0.15, 0.2) is 83.7 Å². The second-order valence-corrected chi connectivity index (χ2v) is 7.85. The largest absolute Gasteiger partial charge is 0.308 e. The zero-order chi connectivity index (χ0) is 21.7. The third-order valence-electron chi connectivity index (χ3n) is 5.91. The van der Waals surface area contributed by atoms with Crippen LogP contribution in [0, 0.1) is 0 Å². The van der Waals surface area contributed by atoms with E-state index in [1.54, 1.807) is 23.1 Å². The van der Waals surface area contributed by atoms with Crippen molar-refractivity contribution in [2.45, 2.75) is 13.1 Å². The molecule has 6 rings (SSSR count). The van der Waals surface area contributed by atoms with Crippen LogP contribution < -0.4 is 10.5 Å². The van der Waals surface area contributed by atoms with Gasteiger partial charge in [-0.1, -0.05) is 60.7 Å². The first kappa shape index (κ1) is 18.5. The summed E-state index contributed by atoms with van der Waals surface area (Å²) in [6, 6.07) is 24.6. The highest BCUT2D eigenvalue weighted by Crippen LogP contribution is 2.29. The number of para-hydroxylation sites is 2. The molecule has 0 bridgehead atoms. The summed E-state index contributed by atoms with van der Waals surface area (Å²) in [6.45, 7) is 1.48. The number of fused-ring (bicyclic) bond motifs is 4. The van der Waals surface area contributed by atoms with Gasteiger partial charge in [-0.05, 0) is 23.8 Å². The van der Waals surface area contributed by atoms with Crippen molar-refractivity contribution < 1.29 is 4.79 Å². The van der Waals surface area contributed by atoms with Crippen molar-refractivity contribution >= 4 is 33.7 Å². The number of nitrogens with zero attached hydrogens (tertiary/aromatic N) is 5. The molecule has 7 heteroatoms. The second-order valence-electron chi connectivity index (χ2n) is 7.85. The molecule has 3 aromatic carbocycles. The zero-order valence-electron chi connectivity index (χ0n) is 17.2. The van der Waals surface area contributed by atoms with Gasteiger partial charge in [-0.3, -0.25) is 14.5 Å². The first-order valence-electron chi connectivity index (χ1n) is 10.5. The Morgan fingerprint density at radius 1 is 0.844 bits per heavy atom. The molecule has 0 aliphatic carbocycles. The standard InChI is InChI=1S/C25H19N5O2/c31-23-19-11-5-4-10-18(19)22(27-30(23)16-17-8-2-1-3-9-17)24(32)29-15-14-28-21-13-7-6-12-20(21)26-25(28)29/h1-13H,14-16H2. The Kier molecular flexibility index (Phi) is 4.14. The van der Waals surface area contributed by atoms with E-state index in [1.807, 2.05) is 60.7 Å². The quantitative estimate of drug-likeness (QED) is 0.447. The molecule has 1 amide bonds. The number of carbonyl (C=O) groups excluding carboxylic acids is 1. The summed E-state index contributed by atoms with van der Waals surface area (Å²) in [6.07, 6.45) is 0. The van der Waals surface area contributed by atoms with Crippen LogP contribution in [-0.2, 0) is 13.1 Å². The number of hydrogen-bond acceptors (Lipinski definition) is 4. The molecule has 0 spiro atoms. The lowest BCUT2D eigenvalue weighted by Gasteiger charge is -2.16. The Labute approximate surface area is 183 Å². The van der Waals surface area contributed by atoms with E-state index in [-0.39, 0.29) is 17.2 Å². The minimum Gasteiger partial charge on any atom is -0.308 e. The van der Waals surface area contributed by atoms with E-state index in [0.29, 0.717) is 36.4 Å². The third kappa shape index (κ3) is 2.82. The first-order chi connectivity index (χ1) is 15.7. The molecule has 0 fully saturated rings. The van der Waals surface area contributed by atoms with Crippen LogP contribution in [0.2, 0.25) is 0 Å². The fourth-order valence-electron chi connectivity index (χ4n) is 4.37. The predicted molar refractivity (Wildman–Crippen MR) is 123 cm³/mol. The summed E-state index contributed by atoms with van der Waals surface area (Å²) in [7, 11) is 0. The van der Waals surface area contributed by atoms with E-state index in [0.717, 1.165) is 16.6 Å². The van der Waals surface area contributed by atoms with Crippen LogP contribution >= 0.6 is 0 Å². The normalized spacial score (nSPS) is 13.1. The number of anilines is 1. The maximum absolute atomic E-state index is 13.7. The van der Waals surface area contributed by atoms with Gasteiger partial charge in [0.1, 0.15) is 0 Å². The number of benzene rings is 3. The molecule has 0 atom stereocenters. The lowest BCUT2D eigenvalue weighted by molar-refractivity contribution is 0.0983. The molecule has 0 radical (unpaired) electrons. The summed E-state index contributed by atoms with van der Waals surface area (Å²) < 4.78 is 3.43. The maximum atomic E-state index is 13.7. The van der Waals surface area contributed by atoms with E-state index < -0.39 is 0 Å². The highest BCUT2D eigenvalue weighted by Gasteiger charge is 2.31. The fraction of sp³-hybridized carbons (Fsp3) is 0.120. The summed E-state index contributed by atoms with van der Waals surface area (Å²) in [5.74, 6) is 0.361. The summed E-state index contributed by atoms with van der Waals surface area (Å²) >= 11 is 0. The lowest BCUT2D eigenvalue weighted by Crippen LogP contribution is -2.34. The van der Waals surface area contributed by atoms with Crippen molar-refractivity contribution in [1.29, 1.82) is 0 Å². The van der Waals surface area contributed by atoms with Crippen molar-refractivity contribution in [1.82, 2.24) is 19.3 Å². The van der Waals surface area contributed by atoms with Crippen molar-refractivity contribution in [3.05, 3.63) is 100 Å². The van der Waals surface area contributed by atoms with Gasteiger partial charge < -0.3 is 4.57 Å². The highest BCUT2D eigenvalue weighted by molar-refractivity contribution is 6.12. The van der Waals surface area contributed by atoms with E-state index in [2.05, 4.69) is 14.6 Å². The van der Waals surface area contributed by atoms with Crippen LogP contribution in [0.25, 0.3) is 21.8 Å². The van der Waals surface area contributed by atoms with Crippen molar-refractivity contribution in [3.63, 3.8) is 0 Å². The number of imidazole rings is 1. The molecule has 2 aromatic heterocycles. The lowest BCUT2D eigenvalue weighted by atomic mass is 10.1. The minimum atomic E-state index is -0.253. The van der Waals surface area contributed by atoms with Gasteiger partial charge in [-0.2, -0.15) is 5.10 Å². The van der Waals surface area contributed by atoms with E-state index >= 15 is 0 Å². The fourth-order valence-corrected chi connectivity index (χ4v) is 4.37. The van der Waals surface area contributed by atoms with Gasteiger partial charge in [-0.15, -0.1) is 0 Å². The van der Waals surface area contributed by atoms with E-state index in [1.165, 1.54) is 4.68 Å². The van der Waals surface area contributed by atoms with Crippen LogP contribution in [0.1, 0.15) is 16.1 Å². The van der Waals surface area contributed by atoms with E-state index in [4.69, 9.17) is 0 Å². The molecule has 0 saturated heterocycles. The van der Waals surface area contributed by atoms with Crippen molar-refractivity contribution in [2.24, 2.45) is 0 Å². The van der Waals surface area contributed by atoms with Gasteiger partial charge in [-0.25, -0.2) is 9.67 Å². The smallest absolute Gasteiger partial charge is 0.281 e. The molecule has 0 unspecified atom stereocenters. The Hall–Kier alpha value is -4.26. The molecular weight excluding hydrogens is 402 g/mol. The summed E-state index contributed by atoms with van der Waals surface area (Å²) in [5, 5.41) is 5.58. The minimum absolute atomic E-state index is 0.213. The van der Waals surface area contributed by atoms with Gasteiger partial charge in [0.25, 0.3) is 11.5 Å². The zero-order valence-corrected chi connectivity index (χ0v) is 17.2. The monoisotopic (exact) mass is 421 g/mol. The van der Waals surface area contributed by atoms with Crippen molar-refractivity contribution in [3.8, 4) is 0 Å². The van der Waals surface area contributed by atoms with Crippen molar-refractivity contribution in [2.75, 3.05) is 11.4 Å². The average molecular weight is 421 g/mol. The third-order valence-corrected chi connectivity index (χ3v) is 5.91. The molecule has 156 valence electrons. The Balaban J connectivity index is 1.49. The summed E-state index contributed by atoms with van der Waals surface area (Å²) in [5.41, 5.74) is 2.85. The highest BCUT2D eigenvalue weighted by atomic mass is 16.2. The van der Waals surface area contributed by atoms with Crippen LogP contribution in [0.3, 0.4) is 0 Å². The number of carbonyl (C=O) groups is 1. The van der Waals surface area contributed by atoms with E-state index in [9.17, 15) is 9.59 Å². The van der Waals surface area contributed by atoms with Crippen LogP contribution in [0.4, 0.5) is 5.95 Å². The van der Waals surface area contributed by atoms with Gasteiger partial charge >= 0.3 is 0 Å². The number of amides is 1. The Morgan fingerprint density at radius 3 is 2.41 bits per heavy atom. The molecule has 3 heterocycles. The summed E-state index contributed by atoms with van der Waals surface area (Å²) in [4.78, 5) is 33.2. The molecule has 0 N–H and O–H groups in total. The molecule has 7 nitrogen and oxygen atoms in total. The van der Waals surface area contributed by atoms with Gasteiger partial charge in [0, 0.05) is 18.5 Å². The second kappa shape index (κ2) is 7.16. The van der Waals surface area contributed by atoms with Crippen LogP contribution in [-0.4, -0.2) is 31.8 Å². The molecule has 0 saturated carbocycles. The van der Waals surface area contributed by atoms with Gasteiger partial charge in [0.05, 0.1) is 23.0 Å². The van der Waals surface area contributed by atoms with Gasteiger partial charge in [0.15, 0.2) is 5.69 Å². The Bertz CT molecular complexity index is 1550. The first-order valence-corrected chi connectivity index (χ1v) is 10.5. The molecule has 5 aromatic rings. The molecule has 32 heavy (non-hydrogen) atoms. The topological polar surface area (TPSA) is 73.0 Å². The average Bonchev–Trinajstić information content (AvgIpc) is 3.41. The SMILES string of the molecule is O=C(c1nn(Cc2ccccc2)c(=O)c2ccccc12)N1CCn2c1nc1ccccc12. The Morgan fingerprint density at radius 2 is 1.56 bits per heavy atom. The molecule has 1 aliphatic heterocycles. The number of aromatic nitrogens is 4. The molecular formula is C25H19N5O2. The number of hydrogen-bond donors (Lipinski definition) is 0. The van der Waals surface area contributed by atoms with Gasteiger partial charge in [0.2, 0.25) is 5.95 Å².